The van der Waals surface area contributed by atoms with Gasteiger partial charge in [0.2, 0.25) is 5.91 Å². The number of imidazole rings is 1. The van der Waals surface area contributed by atoms with E-state index in [4.69, 9.17) is 20.4 Å². The van der Waals surface area contributed by atoms with Crippen LogP contribution in [-0.2, 0) is 11.3 Å². The molecular weight excluding hydrogens is 554 g/mol. The molecule has 3 saturated heterocycles. The summed E-state index contributed by atoms with van der Waals surface area (Å²) in [6.07, 6.45) is 7.91. The Hall–Kier alpha value is -3.92. The lowest BCUT2D eigenvalue weighted by Crippen LogP contribution is -2.40. The first-order chi connectivity index (χ1) is 21.3. The summed E-state index contributed by atoms with van der Waals surface area (Å²) in [5.41, 5.74) is 12.3. The van der Waals surface area contributed by atoms with Gasteiger partial charge in [-0.05, 0) is 89.0 Å². The van der Waals surface area contributed by atoms with Gasteiger partial charge in [-0.25, -0.2) is 9.97 Å². The Balaban J connectivity index is 1.21. The summed E-state index contributed by atoms with van der Waals surface area (Å²) in [6.45, 7) is 5.80. The van der Waals surface area contributed by atoms with E-state index in [1.807, 2.05) is 26.3 Å². The molecule has 4 fully saturated rings. The van der Waals surface area contributed by atoms with Crippen LogP contribution in [0.3, 0.4) is 0 Å². The molecule has 1 saturated carbocycles. The van der Waals surface area contributed by atoms with Gasteiger partial charge in [0.25, 0.3) is 5.91 Å². The van der Waals surface area contributed by atoms with E-state index in [0.29, 0.717) is 29.4 Å². The number of rotatable bonds is 7. The van der Waals surface area contributed by atoms with Gasteiger partial charge in [0, 0.05) is 54.7 Å². The van der Waals surface area contributed by atoms with Crippen molar-refractivity contribution in [1.29, 1.82) is 0 Å². The highest BCUT2D eigenvalue weighted by atomic mass is 16.5. The molecule has 7 heterocycles. The van der Waals surface area contributed by atoms with Crippen LogP contribution in [0.5, 0.6) is 5.88 Å². The third kappa shape index (κ3) is 4.32. The Labute approximate surface area is 257 Å². The Bertz CT molecular complexity index is 1800. The van der Waals surface area contributed by atoms with Crippen LogP contribution in [0.25, 0.3) is 28.1 Å². The van der Waals surface area contributed by atoms with Crippen molar-refractivity contribution >= 4 is 28.5 Å². The van der Waals surface area contributed by atoms with Gasteiger partial charge in [-0.2, -0.15) is 0 Å². The molecule has 4 aromatic heterocycles. The number of ether oxygens (including phenoxy) is 1. The summed E-state index contributed by atoms with van der Waals surface area (Å²) in [5.74, 6) is 1.43. The zero-order chi connectivity index (χ0) is 30.3. The van der Waals surface area contributed by atoms with Crippen LogP contribution >= 0.6 is 0 Å². The number of fused-ring (bicyclic) bond motifs is 4. The van der Waals surface area contributed by atoms with Gasteiger partial charge >= 0.3 is 0 Å². The van der Waals surface area contributed by atoms with Gasteiger partial charge in [-0.15, -0.1) is 0 Å². The molecule has 0 radical (unpaired) electrons. The fourth-order valence-corrected chi connectivity index (χ4v) is 8.00. The first-order valence-corrected chi connectivity index (χ1v) is 16.3. The highest BCUT2D eigenvalue weighted by Crippen LogP contribution is 2.40. The summed E-state index contributed by atoms with van der Waals surface area (Å²) >= 11 is 0. The number of nitrogens with two attached hydrogens (primary N) is 1. The van der Waals surface area contributed by atoms with Crippen LogP contribution in [0.1, 0.15) is 86.1 Å². The number of hydrogen-bond acceptors (Lipinski definition) is 6. The summed E-state index contributed by atoms with van der Waals surface area (Å²) in [5, 5.41) is 1.06. The van der Waals surface area contributed by atoms with Crippen molar-refractivity contribution in [1.82, 2.24) is 28.7 Å². The maximum Gasteiger partial charge on any atom is 0.254 e. The molecule has 1 aliphatic carbocycles. The maximum absolute atomic E-state index is 13.8. The standard InChI is InChI=1S/C34H41N7O3/c1-19(38-13-5-4-6-30(38)42)26-11-9-22-14-28(39(33(22)36-26)18-21-7-8-21)32-20(2)40-29(37-32)15-23(16-31(40)44-3)34(43)41-24-10-12-27(41)25(35)17-24/h9,11,14-16,19,21,24-25,27H,4-8,10,12-13,17-18,35H2,1-3H3/t19-,24+,25-,27?/m1/s1. The van der Waals surface area contributed by atoms with Crippen molar-refractivity contribution in [3.8, 4) is 17.3 Å². The van der Waals surface area contributed by atoms with E-state index in [0.717, 1.165) is 79.0 Å². The lowest BCUT2D eigenvalue weighted by molar-refractivity contribution is -0.135. The molecule has 2 N–H and O–H groups in total. The topological polar surface area (TPSA) is 111 Å². The van der Waals surface area contributed by atoms with Gasteiger partial charge in [0.1, 0.15) is 17.0 Å². The number of aryl methyl sites for hydroxylation is 1. The van der Waals surface area contributed by atoms with Crippen LogP contribution in [0, 0.1) is 12.8 Å². The Morgan fingerprint density at radius 3 is 2.66 bits per heavy atom. The molecule has 8 rings (SSSR count). The molecule has 230 valence electrons. The predicted molar refractivity (Wildman–Crippen MR) is 167 cm³/mol. The minimum absolute atomic E-state index is 0.00864. The van der Waals surface area contributed by atoms with E-state index >= 15 is 0 Å². The molecule has 4 atom stereocenters. The molecule has 2 amide bonds. The molecule has 0 spiro atoms. The number of piperidine rings is 1. The highest BCUT2D eigenvalue weighted by molar-refractivity contribution is 5.97. The summed E-state index contributed by atoms with van der Waals surface area (Å²) in [7, 11) is 1.64. The number of likely N-dealkylation sites (tertiary alicyclic amines) is 1. The molecule has 4 aromatic rings. The van der Waals surface area contributed by atoms with Crippen LogP contribution in [0.2, 0.25) is 0 Å². The van der Waals surface area contributed by atoms with E-state index in [9.17, 15) is 9.59 Å². The third-order valence-electron chi connectivity index (χ3n) is 10.6. The van der Waals surface area contributed by atoms with Gasteiger partial charge < -0.3 is 24.8 Å². The summed E-state index contributed by atoms with van der Waals surface area (Å²) in [4.78, 5) is 40.8. The predicted octanol–water partition coefficient (Wildman–Crippen LogP) is 4.86. The number of methoxy groups -OCH3 is 1. The molecule has 10 heteroatoms. The van der Waals surface area contributed by atoms with Crippen molar-refractivity contribution in [2.24, 2.45) is 11.7 Å². The Kier molecular flexibility index (Phi) is 6.48. The molecule has 10 nitrogen and oxygen atoms in total. The van der Waals surface area contributed by atoms with Gasteiger partial charge in [-0.3, -0.25) is 14.0 Å². The number of hydrogen-bond donors (Lipinski definition) is 1. The monoisotopic (exact) mass is 595 g/mol. The second kappa shape index (κ2) is 10.3. The van der Waals surface area contributed by atoms with Crippen LogP contribution in [0.15, 0.2) is 30.3 Å². The SMILES string of the molecule is COc1cc(C(=O)N2C3CC[C@H]2C[C@H]3N)cc2nc(-c3cc4ccc([C@@H](C)N5CCCCC5=O)nc4n3CC3CC3)c(C)n12. The average Bonchev–Trinajstić information content (AvgIpc) is 3.35. The van der Waals surface area contributed by atoms with E-state index in [2.05, 4.69) is 36.6 Å². The molecule has 44 heavy (non-hydrogen) atoms. The molecule has 1 unspecified atom stereocenters. The molecule has 0 aromatic carbocycles. The summed E-state index contributed by atoms with van der Waals surface area (Å²) < 4.78 is 10.2. The maximum atomic E-state index is 13.8. The largest absolute Gasteiger partial charge is 0.482 e. The van der Waals surface area contributed by atoms with Crippen LogP contribution in [0.4, 0.5) is 0 Å². The highest BCUT2D eigenvalue weighted by Gasteiger charge is 2.47. The number of carbonyl (C=O) groups excluding carboxylic acids is 2. The quantitative estimate of drug-likeness (QED) is 0.327. The average molecular weight is 596 g/mol. The first kappa shape index (κ1) is 27.6. The van der Waals surface area contributed by atoms with Crippen molar-refractivity contribution in [2.75, 3.05) is 13.7 Å². The lowest BCUT2D eigenvalue weighted by Gasteiger charge is -2.32. The van der Waals surface area contributed by atoms with Gasteiger partial charge in [0.15, 0.2) is 5.88 Å². The van der Waals surface area contributed by atoms with Gasteiger partial charge in [0.05, 0.1) is 30.2 Å². The number of amides is 2. The normalized spacial score (nSPS) is 24.2. The lowest BCUT2D eigenvalue weighted by atomic mass is 9.97. The Morgan fingerprint density at radius 1 is 1.11 bits per heavy atom. The summed E-state index contributed by atoms with van der Waals surface area (Å²) in [6, 6.07) is 10.4. The van der Waals surface area contributed by atoms with Crippen LogP contribution < -0.4 is 10.5 Å². The number of pyridine rings is 2. The van der Waals surface area contributed by atoms with E-state index in [1.54, 1.807) is 7.11 Å². The fourth-order valence-electron chi connectivity index (χ4n) is 8.00. The molecular formula is C34H41N7O3. The number of aromatic nitrogens is 4. The fraction of sp³-hybridized carbons (Fsp3) is 0.529. The molecule has 3 aliphatic heterocycles. The minimum atomic E-state index is -0.0718. The van der Waals surface area contributed by atoms with E-state index in [-0.39, 0.29) is 36.0 Å². The van der Waals surface area contributed by atoms with Crippen molar-refractivity contribution in [2.45, 2.75) is 95.9 Å². The zero-order valence-electron chi connectivity index (χ0n) is 25.8. The molecule has 2 bridgehead atoms. The van der Waals surface area contributed by atoms with Crippen molar-refractivity contribution in [3.63, 3.8) is 0 Å². The second-order valence-electron chi connectivity index (χ2n) is 13.4. The number of nitrogens with zero attached hydrogens (tertiary/aromatic N) is 6. The van der Waals surface area contributed by atoms with Crippen molar-refractivity contribution in [3.05, 3.63) is 47.3 Å². The van der Waals surface area contributed by atoms with Gasteiger partial charge in [-0.1, -0.05) is 0 Å². The third-order valence-corrected chi connectivity index (χ3v) is 10.6. The second-order valence-corrected chi connectivity index (χ2v) is 13.4. The zero-order valence-corrected chi connectivity index (χ0v) is 25.8. The van der Waals surface area contributed by atoms with E-state index in [1.165, 1.54) is 12.8 Å². The number of carbonyl (C=O) groups is 2. The molecule has 4 aliphatic rings. The Morgan fingerprint density at radius 2 is 1.95 bits per heavy atom. The van der Waals surface area contributed by atoms with E-state index < -0.39 is 0 Å². The first-order valence-electron chi connectivity index (χ1n) is 16.3. The smallest absolute Gasteiger partial charge is 0.254 e. The minimum Gasteiger partial charge on any atom is -0.482 e. The van der Waals surface area contributed by atoms with Crippen molar-refractivity contribution < 1.29 is 14.3 Å². The van der Waals surface area contributed by atoms with Crippen LogP contribution in [-0.4, -0.2) is 72.3 Å².